The van der Waals surface area contributed by atoms with Gasteiger partial charge in [0.1, 0.15) is 23.2 Å². The fourth-order valence-corrected chi connectivity index (χ4v) is 5.23. The van der Waals surface area contributed by atoms with Crippen molar-refractivity contribution in [3.05, 3.63) is 36.8 Å². The third-order valence-corrected chi connectivity index (χ3v) is 7.57. The lowest BCUT2D eigenvalue weighted by Gasteiger charge is -2.54. The summed E-state index contributed by atoms with van der Waals surface area (Å²) in [5.41, 5.74) is 0.962. The van der Waals surface area contributed by atoms with Crippen LogP contribution in [0.1, 0.15) is 25.8 Å². The molecule has 11 nitrogen and oxygen atoms in total. The summed E-state index contributed by atoms with van der Waals surface area (Å²) in [5.74, 6) is 2.21. The van der Waals surface area contributed by atoms with Gasteiger partial charge in [0.05, 0.1) is 17.8 Å². The molecule has 3 aromatic heterocycles. The summed E-state index contributed by atoms with van der Waals surface area (Å²) in [6.45, 7) is 3.69. The molecule has 0 unspecified atom stereocenters. The van der Waals surface area contributed by atoms with Crippen molar-refractivity contribution in [2.75, 3.05) is 49.5 Å². The zero-order chi connectivity index (χ0) is 26.3. The highest BCUT2D eigenvalue weighted by atomic mass is 19.3. The molecule has 1 amide bonds. The van der Waals surface area contributed by atoms with Crippen LogP contribution in [0.15, 0.2) is 36.8 Å². The summed E-state index contributed by atoms with van der Waals surface area (Å²) in [6.07, 6.45) is 7.03. The molecule has 6 rings (SSSR count). The van der Waals surface area contributed by atoms with Crippen molar-refractivity contribution in [2.45, 2.75) is 32.4 Å². The van der Waals surface area contributed by atoms with Crippen molar-refractivity contribution >= 4 is 23.4 Å². The summed E-state index contributed by atoms with van der Waals surface area (Å²) in [5, 5.41) is 10.9. The van der Waals surface area contributed by atoms with Gasteiger partial charge in [-0.2, -0.15) is 13.9 Å². The molecule has 38 heavy (non-hydrogen) atoms. The van der Waals surface area contributed by atoms with Crippen LogP contribution in [-0.4, -0.2) is 81.4 Å². The van der Waals surface area contributed by atoms with Crippen LogP contribution in [-0.2, 0) is 4.79 Å². The Bertz CT molecular complexity index is 1310. The number of pyridine rings is 1. The Morgan fingerprint density at radius 2 is 1.97 bits per heavy atom. The molecule has 3 aromatic rings. The highest BCUT2D eigenvalue weighted by Gasteiger charge is 2.45. The Labute approximate surface area is 218 Å². The van der Waals surface area contributed by atoms with Crippen LogP contribution in [0.3, 0.4) is 0 Å². The average molecular weight is 526 g/mol. The highest BCUT2D eigenvalue weighted by molar-refractivity contribution is 5.73. The van der Waals surface area contributed by atoms with E-state index in [1.807, 2.05) is 21.8 Å². The van der Waals surface area contributed by atoms with Gasteiger partial charge in [-0.15, -0.1) is 0 Å². The zero-order valence-corrected chi connectivity index (χ0v) is 21.0. The average Bonchev–Trinajstić information content (AvgIpc) is 3.30. The van der Waals surface area contributed by atoms with Gasteiger partial charge in [0.15, 0.2) is 5.82 Å². The maximum absolute atomic E-state index is 12.7. The first-order chi connectivity index (χ1) is 18.4. The molecular formula is C25H29F2N9O2. The molecule has 200 valence electrons. The van der Waals surface area contributed by atoms with Gasteiger partial charge < -0.3 is 25.2 Å². The molecule has 6 heterocycles. The fraction of sp³-hybridized carbons (Fsp3) is 0.480. The molecule has 2 N–H and O–H groups in total. The number of ether oxygens (including phenoxy) is 1. The van der Waals surface area contributed by atoms with E-state index in [9.17, 15) is 13.6 Å². The first-order valence-electron chi connectivity index (χ1n) is 12.7. The Morgan fingerprint density at radius 1 is 1.18 bits per heavy atom. The number of hydrogen-bond acceptors (Lipinski definition) is 9. The number of anilines is 3. The molecule has 13 heteroatoms. The first-order valence-corrected chi connectivity index (χ1v) is 12.7. The third kappa shape index (κ3) is 4.97. The number of likely N-dealkylation sites (tertiary alicyclic amines) is 1. The van der Waals surface area contributed by atoms with Crippen molar-refractivity contribution in [2.24, 2.45) is 5.41 Å². The molecule has 1 spiro atoms. The molecule has 0 radical (unpaired) electrons. The van der Waals surface area contributed by atoms with Crippen LogP contribution in [0, 0.1) is 5.41 Å². The predicted molar refractivity (Wildman–Crippen MR) is 135 cm³/mol. The smallest absolute Gasteiger partial charge is 0.387 e. The minimum Gasteiger partial charge on any atom is -0.435 e. The van der Waals surface area contributed by atoms with Gasteiger partial charge >= 0.3 is 6.61 Å². The number of alkyl halides is 2. The van der Waals surface area contributed by atoms with Crippen molar-refractivity contribution in [3.8, 4) is 17.1 Å². The van der Waals surface area contributed by atoms with Crippen molar-refractivity contribution in [1.29, 1.82) is 0 Å². The van der Waals surface area contributed by atoms with Gasteiger partial charge in [0.2, 0.25) is 5.91 Å². The minimum atomic E-state index is -2.93. The van der Waals surface area contributed by atoms with E-state index in [0.29, 0.717) is 23.5 Å². The number of piperidine rings is 1. The van der Waals surface area contributed by atoms with E-state index in [4.69, 9.17) is 4.98 Å². The summed E-state index contributed by atoms with van der Waals surface area (Å²) in [6, 6.07) is 4.91. The van der Waals surface area contributed by atoms with Crippen LogP contribution in [0.4, 0.5) is 26.2 Å². The molecule has 3 saturated heterocycles. The normalized spacial score (nSPS) is 18.8. The van der Waals surface area contributed by atoms with E-state index < -0.39 is 6.61 Å². The summed E-state index contributed by atoms with van der Waals surface area (Å²) in [7, 11) is 0. The lowest BCUT2D eigenvalue weighted by molar-refractivity contribution is -0.131. The van der Waals surface area contributed by atoms with E-state index in [0.717, 1.165) is 63.5 Å². The van der Waals surface area contributed by atoms with Crippen LogP contribution in [0.2, 0.25) is 0 Å². The standard InChI is InChI=1S/C25H29F2N9O2/c1-16(37)34-6-3-25(4-7-34)14-35(15-25)22-9-21(31-20-8-19(2-5-29-20)38-24(26)27)32-23(33-22)17-10-30-36(13-17)18-11-28-12-18/h2,5,8-10,13,18,24,28H,3-4,6-7,11-12,14-15H2,1H3,(H,29,31,32,33). The molecule has 3 aliphatic heterocycles. The van der Waals surface area contributed by atoms with Crippen LogP contribution < -0.4 is 20.3 Å². The lowest BCUT2D eigenvalue weighted by Crippen LogP contribution is -2.61. The van der Waals surface area contributed by atoms with E-state index in [-0.39, 0.29) is 17.1 Å². The molecular weight excluding hydrogens is 496 g/mol. The van der Waals surface area contributed by atoms with Crippen molar-refractivity contribution in [1.82, 2.24) is 34.9 Å². The van der Waals surface area contributed by atoms with E-state index in [1.165, 1.54) is 18.3 Å². The quantitative estimate of drug-likeness (QED) is 0.481. The van der Waals surface area contributed by atoms with Gasteiger partial charge in [-0.3, -0.25) is 9.48 Å². The maximum Gasteiger partial charge on any atom is 0.387 e. The number of carbonyl (C=O) groups is 1. The van der Waals surface area contributed by atoms with Crippen molar-refractivity contribution < 1.29 is 18.3 Å². The maximum atomic E-state index is 12.7. The second-order valence-electron chi connectivity index (χ2n) is 10.2. The van der Waals surface area contributed by atoms with E-state index >= 15 is 0 Å². The molecule has 0 bridgehead atoms. The number of nitrogens with one attached hydrogen (secondary N) is 2. The van der Waals surface area contributed by atoms with E-state index in [1.54, 1.807) is 13.1 Å². The number of aromatic nitrogens is 5. The molecule has 0 aromatic carbocycles. The molecule has 0 atom stereocenters. The predicted octanol–water partition coefficient (Wildman–Crippen LogP) is 2.67. The minimum absolute atomic E-state index is 0.00368. The summed E-state index contributed by atoms with van der Waals surface area (Å²) in [4.78, 5) is 29.6. The lowest BCUT2D eigenvalue weighted by atomic mass is 9.72. The Hall–Kier alpha value is -3.87. The Kier molecular flexibility index (Phi) is 6.30. The SMILES string of the molecule is CC(=O)N1CCC2(CC1)CN(c1cc(Nc3cc(OC(F)F)ccn3)nc(-c3cnn(C4CNC4)c3)n1)C2. The Morgan fingerprint density at radius 3 is 2.66 bits per heavy atom. The molecule has 0 aliphatic carbocycles. The molecule has 0 saturated carbocycles. The second kappa shape index (κ2) is 9.78. The summed E-state index contributed by atoms with van der Waals surface area (Å²) < 4.78 is 31.8. The number of carbonyl (C=O) groups excluding carboxylic acids is 1. The number of hydrogen-bond donors (Lipinski definition) is 2. The summed E-state index contributed by atoms with van der Waals surface area (Å²) >= 11 is 0. The topological polar surface area (TPSA) is 113 Å². The largest absolute Gasteiger partial charge is 0.435 e. The first kappa shape index (κ1) is 24.5. The van der Waals surface area contributed by atoms with Crippen LogP contribution in [0.25, 0.3) is 11.4 Å². The number of amides is 1. The van der Waals surface area contributed by atoms with E-state index in [2.05, 4.69) is 35.3 Å². The highest BCUT2D eigenvalue weighted by Crippen LogP contribution is 2.43. The Balaban J connectivity index is 1.25. The van der Waals surface area contributed by atoms with Crippen molar-refractivity contribution in [3.63, 3.8) is 0 Å². The van der Waals surface area contributed by atoms with Gasteiger partial charge in [-0.25, -0.2) is 15.0 Å². The van der Waals surface area contributed by atoms with Gasteiger partial charge in [-0.05, 0) is 18.9 Å². The van der Waals surface area contributed by atoms with Gasteiger partial charge in [0, 0.05) is 76.1 Å². The number of nitrogens with zero attached hydrogens (tertiary/aromatic N) is 7. The second-order valence-corrected chi connectivity index (χ2v) is 10.2. The fourth-order valence-electron chi connectivity index (χ4n) is 5.23. The van der Waals surface area contributed by atoms with Gasteiger partial charge in [0.25, 0.3) is 0 Å². The monoisotopic (exact) mass is 525 g/mol. The van der Waals surface area contributed by atoms with Crippen LogP contribution in [0.5, 0.6) is 5.75 Å². The van der Waals surface area contributed by atoms with Gasteiger partial charge in [-0.1, -0.05) is 0 Å². The number of halogens is 2. The molecule has 3 fully saturated rings. The zero-order valence-electron chi connectivity index (χ0n) is 21.0. The van der Waals surface area contributed by atoms with Crippen LogP contribution >= 0.6 is 0 Å². The molecule has 3 aliphatic rings. The number of rotatable bonds is 7. The third-order valence-electron chi connectivity index (χ3n) is 7.57.